The number of benzene rings is 1. The summed E-state index contributed by atoms with van der Waals surface area (Å²) in [5.41, 5.74) is 1.39. The molecule has 0 aliphatic rings. The molecule has 6 heteroatoms. The van der Waals surface area contributed by atoms with Crippen molar-refractivity contribution in [2.75, 3.05) is 5.32 Å². The Kier molecular flexibility index (Phi) is 5.68. The summed E-state index contributed by atoms with van der Waals surface area (Å²) in [7, 11) is 0. The number of hydrogen-bond donors (Lipinski definition) is 2. The minimum atomic E-state index is -0.420. The van der Waals surface area contributed by atoms with Gasteiger partial charge in [0, 0.05) is 22.9 Å². The molecule has 2 N–H and O–H groups in total. The first-order valence-electron chi connectivity index (χ1n) is 7.36. The highest BCUT2D eigenvalue weighted by molar-refractivity contribution is 6.06. The number of carbonyl (C=O) groups excluding carboxylic acids is 3. The fourth-order valence-electron chi connectivity index (χ4n) is 1.95. The van der Waals surface area contributed by atoms with E-state index in [1.165, 1.54) is 19.3 Å². The van der Waals surface area contributed by atoms with Gasteiger partial charge in [0.1, 0.15) is 5.76 Å². The molecular formula is C18H18N2O4. The Balaban J connectivity index is 1.90. The van der Waals surface area contributed by atoms with Crippen molar-refractivity contribution in [2.45, 2.75) is 20.4 Å². The zero-order valence-electron chi connectivity index (χ0n) is 13.5. The number of nitrogens with one attached hydrogen (secondary N) is 2. The summed E-state index contributed by atoms with van der Waals surface area (Å²) in [6, 6.07) is 10.0. The van der Waals surface area contributed by atoms with Gasteiger partial charge in [-0.05, 0) is 50.2 Å². The molecule has 0 atom stereocenters. The topological polar surface area (TPSA) is 88.4 Å². The van der Waals surface area contributed by atoms with E-state index in [-0.39, 0.29) is 23.8 Å². The molecule has 2 rings (SSSR count). The maximum Gasteiger partial charge on any atom is 0.248 e. The molecule has 6 nitrogen and oxygen atoms in total. The number of ketones is 1. The molecular weight excluding hydrogens is 308 g/mol. The summed E-state index contributed by atoms with van der Waals surface area (Å²) in [5.74, 6) is -0.187. The van der Waals surface area contributed by atoms with Gasteiger partial charge in [0.25, 0.3) is 0 Å². The number of rotatable bonds is 6. The van der Waals surface area contributed by atoms with Crippen LogP contribution < -0.4 is 10.6 Å². The molecule has 0 radical (unpaired) electrons. The average molecular weight is 326 g/mol. The minimum absolute atomic E-state index is 0.0446. The molecule has 0 aliphatic heterocycles. The highest BCUT2D eigenvalue weighted by Crippen LogP contribution is 2.10. The summed E-state index contributed by atoms with van der Waals surface area (Å²) in [6.45, 7) is 3.28. The van der Waals surface area contributed by atoms with E-state index >= 15 is 0 Å². The van der Waals surface area contributed by atoms with Crippen LogP contribution in [0.4, 0.5) is 5.69 Å². The van der Waals surface area contributed by atoms with Crippen LogP contribution in [0.2, 0.25) is 0 Å². The maximum absolute atomic E-state index is 11.9. The van der Waals surface area contributed by atoms with E-state index in [4.69, 9.17) is 4.42 Å². The lowest BCUT2D eigenvalue weighted by Crippen LogP contribution is -2.24. The first-order chi connectivity index (χ1) is 11.5. The Morgan fingerprint density at radius 1 is 1.08 bits per heavy atom. The van der Waals surface area contributed by atoms with Crippen molar-refractivity contribution < 1.29 is 18.8 Å². The average Bonchev–Trinajstić information content (AvgIpc) is 3.06. The Morgan fingerprint density at radius 3 is 2.38 bits per heavy atom. The first-order valence-corrected chi connectivity index (χ1v) is 7.36. The number of amides is 2. The Morgan fingerprint density at radius 2 is 1.79 bits per heavy atom. The molecule has 1 heterocycles. The van der Waals surface area contributed by atoms with E-state index in [0.717, 1.165) is 0 Å². The second-order valence-electron chi connectivity index (χ2n) is 5.21. The summed E-state index contributed by atoms with van der Waals surface area (Å²) >= 11 is 0. The molecule has 0 bridgehead atoms. The molecule has 0 aliphatic carbocycles. The second kappa shape index (κ2) is 7.92. The lowest BCUT2D eigenvalue weighted by molar-refractivity contribution is -0.118. The zero-order chi connectivity index (χ0) is 17.5. The standard InChI is InChI=1S/C18H18N2O4/c1-12(18(23)19-11-16-4-3-9-24-16)10-17(22)20-15-7-5-14(6-8-15)13(2)21/h3-10H,11H2,1-2H3,(H,19,23)(H,20,22)/b12-10-. The van der Waals surface area contributed by atoms with Crippen molar-refractivity contribution >= 4 is 23.3 Å². The molecule has 2 amide bonds. The van der Waals surface area contributed by atoms with Crippen LogP contribution in [-0.2, 0) is 16.1 Å². The largest absolute Gasteiger partial charge is 0.467 e. The van der Waals surface area contributed by atoms with Crippen LogP contribution in [0.3, 0.4) is 0 Å². The predicted octanol–water partition coefficient (Wildman–Crippen LogP) is 2.68. The van der Waals surface area contributed by atoms with Crippen LogP contribution in [0.25, 0.3) is 0 Å². The number of anilines is 1. The predicted molar refractivity (Wildman–Crippen MR) is 89.4 cm³/mol. The lowest BCUT2D eigenvalue weighted by atomic mass is 10.1. The smallest absolute Gasteiger partial charge is 0.248 e. The minimum Gasteiger partial charge on any atom is -0.467 e. The Labute approximate surface area is 139 Å². The third-order valence-corrected chi connectivity index (χ3v) is 3.27. The van der Waals surface area contributed by atoms with Gasteiger partial charge < -0.3 is 15.1 Å². The molecule has 2 aromatic rings. The van der Waals surface area contributed by atoms with Gasteiger partial charge in [0.05, 0.1) is 12.8 Å². The maximum atomic E-state index is 11.9. The van der Waals surface area contributed by atoms with E-state index in [1.54, 1.807) is 43.3 Å². The van der Waals surface area contributed by atoms with Gasteiger partial charge >= 0.3 is 0 Å². The van der Waals surface area contributed by atoms with Crippen LogP contribution in [-0.4, -0.2) is 17.6 Å². The first kappa shape index (κ1) is 17.2. The van der Waals surface area contributed by atoms with Crippen molar-refractivity contribution in [3.8, 4) is 0 Å². The quantitative estimate of drug-likeness (QED) is 0.631. The lowest BCUT2D eigenvalue weighted by Gasteiger charge is -2.05. The SMILES string of the molecule is CC(=O)c1ccc(NC(=O)/C=C(/C)C(=O)NCc2ccco2)cc1. The van der Waals surface area contributed by atoms with Gasteiger partial charge in [0.2, 0.25) is 11.8 Å². The highest BCUT2D eigenvalue weighted by Gasteiger charge is 2.08. The van der Waals surface area contributed by atoms with Crippen molar-refractivity contribution in [1.82, 2.24) is 5.32 Å². The molecule has 1 aromatic heterocycles. The van der Waals surface area contributed by atoms with Gasteiger partial charge in [-0.2, -0.15) is 0 Å². The van der Waals surface area contributed by atoms with Crippen LogP contribution in [0.15, 0.2) is 58.7 Å². The van der Waals surface area contributed by atoms with E-state index < -0.39 is 5.91 Å². The number of furan rings is 1. The molecule has 1 aromatic carbocycles. The van der Waals surface area contributed by atoms with Gasteiger partial charge in [-0.1, -0.05) is 0 Å². The fourth-order valence-corrected chi connectivity index (χ4v) is 1.95. The summed E-state index contributed by atoms with van der Waals surface area (Å²) < 4.78 is 5.11. The van der Waals surface area contributed by atoms with Gasteiger partial charge in [-0.15, -0.1) is 0 Å². The van der Waals surface area contributed by atoms with E-state index in [2.05, 4.69) is 10.6 Å². The summed E-state index contributed by atoms with van der Waals surface area (Å²) in [5, 5.41) is 5.29. The van der Waals surface area contributed by atoms with Crippen molar-refractivity contribution in [1.29, 1.82) is 0 Å². The van der Waals surface area contributed by atoms with Crippen molar-refractivity contribution in [3.05, 3.63) is 65.6 Å². The fraction of sp³-hybridized carbons (Fsp3) is 0.167. The molecule has 0 fully saturated rings. The molecule has 0 spiro atoms. The second-order valence-corrected chi connectivity index (χ2v) is 5.21. The number of Topliss-reactive ketones (excluding diaryl/α,β-unsaturated/α-hetero) is 1. The van der Waals surface area contributed by atoms with Crippen LogP contribution >= 0.6 is 0 Å². The van der Waals surface area contributed by atoms with Crippen LogP contribution in [0.5, 0.6) is 0 Å². The van der Waals surface area contributed by atoms with Crippen LogP contribution in [0, 0.1) is 0 Å². The molecule has 0 saturated heterocycles. The molecule has 24 heavy (non-hydrogen) atoms. The number of carbonyl (C=O) groups is 3. The summed E-state index contributed by atoms with van der Waals surface area (Å²) in [6.07, 6.45) is 2.74. The van der Waals surface area contributed by atoms with E-state index in [9.17, 15) is 14.4 Å². The van der Waals surface area contributed by atoms with Crippen molar-refractivity contribution in [2.24, 2.45) is 0 Å². The Bertz CT molecular complexity index is 759. The molecule has 0 unspecified atom stereocenters. The molecule has 124 valence electrons. The Hall–Kier alpha value is -3.15. The van der Waals surface area contributed by atoms with Crippen molar-refractivity contribution in [3.63, 3.8) is 0 Å². The van der Waals surface area contributed by atoms with Gasteiger partial charge in [-0.25, -0.2) is 0 Å². The number of hydrogen-bond acceptors (Lipinski definition) is 4. The summed E-state index contributed by atoms with van der Waals surface area (Å²) in [4.78, 5) is 35.0. The van der Waals surface area contributed by atoms with Gasteiger partial charge in [0.15, 0.2) is 5.78 Å². The third-order valence-electron chi connectivity index (χ3n) is 3.27. The highest BCUT2D eigenvalue weighted by atomic mass is 16.3. The monoisotopic (exact) mass is 326 g/mol. The van der Waals surface area contributed by atoms with E-state index in [1.807, 2.05) is 0 Å². The third kappa shape index (κ3) is 4.95. The van der Waals surface area contributed by atoms with Gasteiger partial charge in [-0.3, -0.25) is 14.4 Å². The van der Waals surface area contributed by atoms with Crippen LogP contribution in [0.1, 0.15) is 30.0 Å². The van der Waals surface area contributed by atoms with E-state index in [0.29, 0.717) is 17.0 Å². The normalized spacial score (nSPS) is 11.0. The molecule has 0 saturated carbocycles. The zero-order valence-corrected chi connectivity index (χ0v) is 13.5.